The molecule has 0 aliphatic carbocycles. The number of carbonyl (C=O) groups is 1. The highest BCUT2D eigenvalue weighted by atomic mass is 16.2. The summed E-state index contributed by atoms with van der Waals surface area (Å²) in [6.07, 6.45) is 3.43. The topological polar surface area (TPSA) is 54.0 Å². The van der Waals surface area contributed by atoms with E-state index in [1.54, 1.807) is 12.4 Å². The molecule has 1 unspecified atom stereocenters. The largest absolute Gasteiger partial charge is 0.331 e. The predicted octanol–water partition coefficient (Wildman–Crippen LogP) is 4.63. The van der Waals surface area contributed by atoms with Crippen LogP contribution in [-0.2, 0) is 0 Å². The summed E-state index contributed by atoms with van der Waals surface area (Å²) in [5.41, 5.74) is 4.04. The van der Waals surface area contributed by atoms with Crippen LogP contribution in [0.5, 0.6) is 0 Å². The Hall–Kier alpha value is -3.14. The number of hydrogen-bond donors (Lipinski definition) is 2. The smallest absolute Gasteiger partial charge is 0.319 e. The van der Waals surface area contributed by atoms with Gasteiger partial charge >= 0.3 is 6.03 Å². The van der Waals surface area contributed by atoms with Crippen LogP contribution in [0.1, 0.15) is 18.5 Å². The molecule has 0 radical (unpaired) electrons. The first kappa shape index (κ1) is 15.7. The van der Waals surface area contributed by atoms with E-state index in [4.69, 9.17) is 0 Å². The molecule has 1 atom stereocenters. The van der Waals surface area contributed by atoms with Crippen molar-refractivity contribution in [3.8, 4) is 11.1 Å². The van der Waals surface area contributed by atoms with E-state index in [9.17, 15) is 4.79 Å². The van der Waals surface area contributed by atoms with Gasteiger partial charge in [0.25, 0.3) is 0 Å². The van der Waals surface area contributed by atoms with Crippen LogP contribution >= 0.6 is 0 Å². The van der Waals surface area contributed by atoms with Gasteiger partial charge in [0.1, 0.15) is 0 Å². The Morgan fingerprint density at radius 2 is 1.50 bits per heavy atom. The molecule has 0 spiro atoms. The van der Waals surface area contributed by atoms with Gasteiger partial charge in [-0.1, -0.05) is 42.5 Å². The molecular weight excluding hydrogens is 298 g/mol. The quantitative estimate of drug-likeness (QED) is 0.737. The second-order valence-electron chi connectivity index (χ2n) is 5.54. The minimum atomic E-state index is -0.230. The van der Waals surface area contributed by atoms with Gasteiger partial charge < -0.3 is 10.6 Å². The molecule has 3 rings (SSSR count). The van der Waals surface area contributed by atoms with Gasteiger partial charge in [-0.25, -0.2) is 4.79 Å². The minimum Gasteiger partial charge on any atom is -0.331 e. The molecular formula is C20H19N3O. The lowest BCUT2D eigenvalue weighted by Crippen LogP contribution is -2.31. The fourth-order valence-electron chi connectivity index (χ4n) is 2.48. The number of rotatable bonds is 4. The van der Waals surface area contributed by atoms with Gasteiger partial charge in [0.2, 0.25) is 0 Å². The zero-order valence-electron chi connectivity index (χ0n) is 13.4. The van der Waals surface area contributed by atoms with Crippen LogP contribution in [0.3, 0.4) is 0 Å². The van der Waals surface area contributed by atoms with Crippen LogP contribution in [0.25, 0.3) is 11.1 Å². The Labute approximate surface area is 141 Å². The molecule has 4 heteroatoms. The average Bonchev–Trinajstić information content (AvgIpc) is 2.64. The molecule has 0 aliphatic heterocycles. The van der Waals surface area contributed by atoms with Gasteiger partial charge in [0, 0.05) is 18.1 Å². The third kappa shape index (κ3) is 3.98. The van der Waals surface area contributed by atoms with Crippen molar-refractivity contribution in [2.24, 2.45) is 0 Å². The van der Waals surface area contributed by atoms with Crippen molar-refractivity contribution in [3.05, 3.63) is 84.7 Å². The van der Waals surface area contributed by atoms with E-state index in [0.717, 1.165) is 22.4 Å². The van der Waals surface area contributed by atoms with Gasteiger partial charge in [0.05, 0.1) is 6.04 Å². The molecule has 2 aromatic carbocycles. The molecule has 3 aromatic rings. The van der Waals surface area contributed by atoms with Crippen molar-refractivity contribution in [1.82, 2.24) is 10.3 Å². The number of nitrogens with zero attached hydrogens (tertiary/aromatic N) is 1. The zero-order chi connectivity index (χ0) is 16.8. The maximum absolute atomic E-state index is 12.1. The molecule has 2 amide bonds. The zero-order valence-corrected chi connectivity index (χ0v) is 13.4. The molecule has 24 heavy (non-hydrogen) atoms. The van der Waals surface area contributed by atoms with E-state index in [2.05, 4.69) is 27.8 Å². The molecule has 1 aromatic heterocycles. The number of carbonyl (C=O) groups excluding carboxylic acids is 1. The maximum Gasteiger partial charge on any atom is 0.319 e. The fourth-order valence-corrected chi connectivity index (χ4v) is 2.48. The van der Waals surface area contributed by atoms with Crippen molar-refractivity contribution < 1.29 is 4.79 Å². The first-order valence-corrected chi connectivity index (χ1v) is 7.85. The predicted molar refractivity (Wildman–Crippen MR) is 96.7 cm³/mol. The fraction of sp³-hybridized carbons (Fsp3) is 0.100. The lowest BCUT2D eigenvalue weighted by Gasteiger charge is -2.15. The summed E-state index contributed by atoms with van der Waals surface area (Å²) in [6, 6.07) is 21.4. The SMILES string of the molecule is CC(NC(=O)Nc1ccc(-c2ccccc2)cc1)c1ccncc1. The summed E-state index contributed by atoms with van der Waals surface area (Å²) < 4.78 is 0. The van der Waals surface area contributed by atoms with Crippen molar-refractivity contribution in [3.63, 3.8) is 0 Å². The summed E-state index contributed by atoms with van der Waals surface area (Å²) >= 11 is 0. The van der Waals surface area contributed by atoms with Gasteiger partial charge in [-0.3, -0.25) is 4.98 Å². The average molecular weight is 317 g/mol. The molecule has 2 N–H and O–H groups in total. The third-order valence-corrected chi connectivity index (χ3v) is 3.80. The Morgan fingerprint density at radius 1 is 0.875 bits per heavy atom. The number of nitrogens with one attached hydrogen (secondary N) is 2. The van der Waals surface area contributed by atoms with Gasteiger partial charge in [-0.15, -0.1) is 0 Å². The lowest BCUT2D eigenvalue weighted by atomic mass is 10.1. The summed E-state index contributed by atoms with van der Waals surface area (Å²) in [5.74, 6) is 0. The van der Waals surface area contributed by atoms with Crippen LogP contribution in [0.2, 0.25) is 0 Å². The highest BCUT2D eigenvalue weighted by molar-refractivity contribution is 5.89. The highest BCUT2D eigenvalue weighted by Crippen LogP contribution is 2.21. The van der Waals surface area contributed by atoms with E-state index >= 15 is 0 Å². The number of urea groups is 1. The minimum absolute atomic E-state index is 0.0865. The molecule has 0 saturated carbocycles. The number of amides is 2. The molecule has 0 saturated heterocycles. The van der Waals surface area contributed by atoms with Crippen LogP contribution < -0.4 is 10.6 Å². The van der Waals surface area contributed by atoms with Crippen molar-refractivity contribution in [2.75, 3.05) is 5.32 Å². The van der Waals surface area contributed by atoms with E-state index in [1.807, 2.05) is 61.5 Å². The number of anilines is 1. The normalized spacial score (nSPS) is 11.5. The van der Waals surface area contributed by atoms with E-state index in [-0.39, 0.29) is 12.1 Å². The van der Waals surface area contributed by atoms with Crippen molar-refractivity contribution in [2.45, 2.75) is 13.0 Å². The summed E-state index contributed by atoms with van der Waals surface area (Å²) in [5, 5.41) is 5.77. The van der Waals surface area contributed by atoms with Crippen LogP contribution in [-0.4, -0.2) is 11.0 Å². The van der Waals surface area contributed by atoms with Gasteiger partial charge in [-0.05, 0) is 47.9 Å². The number of aromatic nitrogens is 1. The molecule has 0 fully saturated rings. The Balaban J connectivity index is 1.61. The van der Waals surface area contributed by atoms with E-state index in [1.165, 1.54) is 0 Å². The molecule has 1 heterocycles. The van der Waals surface area contributed by atoms with Gasteiger partial charge in [-0.2, -0.15) is 0 Å². The molecule has 120 valence electrons. The number of benzene rings is 2. The third-order valence-electron chi connectivity index (χ3n) is 3.80. The standard InChI is InChI=1S/C20H19N3O/c1-15(16-11-13-21-14-12-16)22-20(24)23-19-9-7-18(8-10-19)17-5-3-2-4-6-17/h2-15H,1H3,(H2,22,23,24). The molecule has 4 nitrogen and oxygen atoms in total. The van der Waals surface area contributed by atoms with E-state index in [0.29, 0.717) is 0 Å². The van der Waals surface area contributed by atoms with Crippen LogP contribution in [0, 0.1) is 0 Å². The monoisotopic (exact) mass is 317 g/mol. The number of hydrogen-bond acceptors (Lipinski definition) is 2. The van der Waals surface area contributed by atoms with E-state index < -0.39 is 0 Å². The Morgan fingerprint density at radius 3 is 2.17 bits per heavy atom. The molecule has 0 aliphatic rings. The summed E-state index contributed by atoms with van der Waals surface area (Å²) in [7, 11) is 0. The first-order chi connectivity index (χ1) is 11.7. The Bertz CT molecular complexity index is 786. The van der Waals surface area contributed by atoms with Crippen LogP contribution in [0.4, 0.5) is 10.5 Å². The summed E-state index contributed by atoms with van der Waals surface area (Å²) in [6.45, 7) is 1.94. The van der Waals surface area contributed by atoms with Gasteiger partial charge in [0.15, 0.2) is 0 Å². The second kappa shape index (κ2) is 7.42. The first-order valence-electron chi connectivity index (χ1n) is 7.85. The second-order valence-corrected chi connectivity index (χ2v) is 5.54. The van der Waals surface area contributed by atoms with Crippen molar-refractivity contribution >= 4 is 11.7 Å². The molecule has 0 bridgehead atoms. The lowest BCUT2D eigenvalue weighted by molar-refractivity contribution is 0.249. The summed E-state index contributed by atoms with van der Waals surface area (Å²) in [4.78, 5) is 16.1. The number of pyridine rings is 1. The Kier molecular flexibility index (Phi) is 4.87. The highest BCUT2D eigenvalue weighted by Gasteiger charge is 2.09. The van der Waals surface area contributed by atoms with Crippen molar-refractivity contribution in [1.29, 1.82) is 0 Å². The maximum atomic E-state index is 12.1. The van der Waals surface area contributed by atoms with Crippen LogP contribution in [0.15, 0.2) is 79.1 Å².